The first-order valence-corrected chi connectivity index (χ1v) is 32.6. The zero-order chi connectivity index (χ0) is 59.9. The molecule has 0 aliphatic carbocycles. The summed E-state index contributed by atoms with van der Waals surface area (Å²) < 4.78 is 16.9. The van der Waals surface area contributed by atoms with Crippen LogP contribution in [-0.4, -0.2) is 37.2 Å². The van der Waals surface area contributed by atoms with Gasteiger partial charge in [-0.1, -0.05) is 266 Å². The zero-order valence-electron chi connectivity index (χ0n) is 52.6. The number of rotatable bonds is 56. The van der Waals surface area contributed by atoms with Gasteiger partial charge in [0.15, 0.2) is 6.10 Å². The summed E-state index contributed by atoms with van der Waals surface area (Å²) in [7, 11) is 0. The molecule has 6 heteroatoms. The first kappa shape index (κ1) is 77.0. The van der Waals surface area contributed by atoms with Crippen molar-refractivity contribution in [1.29, 1.82) is 0 Å². The van der Waals surface area contributed by atoms with Crippen molar-refractivity contribution < 1.29 is 28.6 Å². The minimum absolute atomic E-state index is 0.129. The maximum absolute atomic E-state index is 12.9. The largest absolute Gasteiger partial charge is 0.462 e. The lowest BCUT2D eigenvalue weighted by atomic mass is 10.1. The van der Waals surface area contributed by atoms with Gasteiger partial charge in [0.25, 0.3) is 0 Å². The molecule has 0 aromatic rings. The number of carbonyl (C=O) groups excluding carboxylic acids is 3. The standard InChI is InChI=1S/C77H116O6/c1-4-7-10-13-16-19-22-25-28-31-33-35-37-38-40-41-43-46-49-52-55-58-61-64-67-70-76(79)82-73-74(72-81-75(78)69-66-63-60-57-54-51-48-45-30-27-24-21-18-15-12-9-6-3)83-77(80)71-68-65-62-59-56-53-50-47-44-42-39-36-34-32-29-26-23-20-17-14-11-8-5-2/h7-12,16-21,25-30,33-36,38,40,42-44,46,50,52-53,55,59,62,74H,4-6,13-15,22-24,31-32,37,39,41,45,47-49,51,54,56-58,60-61,63-73H2,1-3H3/b10-7-,11-8-,12-9-,19-16-,20-17-,21-18-,28-25-,29-26-,30-27-,35-33-,36-34-,40-38-,44-42-,46-43-,53-50-,55-52-,62-59-. The van der Waals surface area contributed by atoms with Crippen molar-refractivity contribution in [3.05, 3.63) is 207 Å². The molecule has 460 valence electrons. The Morgan fingerprint density at radius 3 is 0.723 bits per heavy atom. The normalized spacial score (nSPS) is 13.5. The van der Waals surface area contributed by atoms with Crippen LogP contribution in [0, 0.1) is 0 Å². The number of unbranched alkanes of at least 4 members (excludes halogenated alkanes) is 11. The van der Waals surface area contributed by atoms with E-state index in [1.54, 1.807) is 0 Å². The molecule has 1 atom stereocenters. The lowest BCUT2D eigenvalue weighted by Gasteiger charge is -2.18. The highest BCUT2D eigenvalue weighted by Gasteiger charge is 2.19. The molecule has 0 saturated carbocycles. The second kappa shape index (κ2) is 68.5. The van der Waals surface area contributed by atoms with Gasteiger partial charge in [-0.05, 0) is 161 Å². The number of ether oxygens (including phenoxy) is 3. The molecule has 0 heterocycles. The van der Waals surface area contributed by atoms with Crippen molar-refractivity contribution in [3.8, 4) is 0 Å². The maximum atomic E-state index is 12.9. The van der Waals surface area contributed by atoms with E-state index in [4.69, 9.17) is 14.2 Å². The van der Waals surface area contributed by atoms with Gasteiger partial charge in [0.05, 0.1) is 0 Å². The van der Waals surface area contributed by atoms with Gasteiger partial charge in [-0.15, -0.1) is 0 Å². The SMILES string of the molecule is CC/C=C\C/C=C\C/C=C\C/C=C\C/C=C\C/C=C\C/C=C\CCCCCC(=O)OCC(COC(=O)CCCCCCCCC/C=C\C/C=C\C/C=C\CC)OC(=O)CCC/C=C\C/C=C\C/C=C\C/C=C\C/C=C\C/C=C\C/C=C\CC. The van der Waals surface area contributed by atoms with Gasteiger partial charge >= 0.3 is 17.9 Å². The molecule has 0 bridgehead atoms. The van der Waals surface area contributed by atoms with Crippen molar-refractivity contribution in [1.82, 2.24) is 0 Å². The first-order valence-electron chi connectivity index (χ1n) is 32.6. The second-order valence-electron chi connectivity index (χ2n) is 20.5. The smallest absolute Gasteiger partial charge is 0.306 e. The Bertz CT molecular complexity index is 2030. The predicted molar refractivity (Wildman–Crippen MR) is 361 cm³/mol. The van der Waals surface area contributed by atoms with Crippen LogP contribution in [0.4, 0.5) is 0 Å². The molecule has 0 rings (SSSR count). The van der Waals surface area contributed by atoms with Gasteiger partial charge in [0.2, 0.25) is 0 Å². The zero-order valence-corrected chi connectivity index (χ0v) is 52.6. The highest BCUT2D eigenvalue weighted by atomic mass is 16.6. The average molecular weight is 1140 g/mol. The van der Waals surface area contributed by atoms with E-state index >= 15 is 0 Å². The minimum atomic E-state index is -0.843. The van der Waals surface area contributed by atoms with Crippen LogP contribution in [0.25, 0.3) is 0 Å². The highest BCUT2D eigenvalue weighted by Crippen LogP contribution is 2.13. The third-order valence-electron chi connectivity index (χ3n) is 12.8. The minimum Gasteiger partial charge on any atom is -0.462 e. The van der Waals surface area contributed by atoms with Gasteiger partial charge < -0.3 is 14.2 Å². The fraction of sp³-hybridized carbons (Fsp3) is 0.519. The molecule has 1 unspecified atom stereocenters. The Morgan fingerprint density at radius 1 is 0.241 bits per heavy atom. The Morgan fingerprint density at radius 2 is 0.446 bits per heavy atom. The van der Waals surface area contributed by atoms with Crippen LogP contribution in [0.1, 0.15) is 239 Å². The molecule has 0 radical (unpaired) electrons. The Labute approximate surface area is 509 Å². The summed E-state index contributed by atoms with van der Waals surface area (Å²) in [5, 5.41) is 0. The van der Waals surface area contributed by atoms with Gasteiger partial charge in [0, 0.05) is 19.3 Å². The lowest BCUT2D eigenvalue weighted by Crippen LogP contribution is -2.30. The van der Waals surface area contributed by atoms with Gasteiger partial charge in [-0.25, -0.2) is 0 Å². The van der Waals surface area contributed by atoms with E-state index in [9.17, 15) is 14.4 Å². The molecule has 0 saturated heterocycles. The van der Waals surface area contributed by atoms with E-state index in [2.05, 4.69) is 227 Å². The molecule has 0 N–H and O–H groups in total. The molecule has 0 spiro atoms. The molecule has 0 fully saturated rings. The van der Waals surface area contributed by atoms with Crippen molar-refractivity contribution in [2.75, 3.05) is 13.2 Å². The summed E-state index contributed by atoms with van der Waals surface area (Å²) in [6, 6.07) is 0. The predicted octanol–water partition coefficient (Wildman–Crippen LogP) is 22.8. The molecule has 0 amide bonds. The molecule has 0 aliphatic rings. The monoisotopic (exact) mass is 1140 g/mol. The Kier molecular flexibility index (Phi) is 63.5. The Hall–Kier alpha value is -6.01. The third-order valence-corrected chi connectivity index (χ3v) is 12.8. The van der Waals surface area contributed by atoms with Gasteiger partial charge in [-0.3, -0.25) is 14.4 Å². The van der Waals surface area contributed by atoms with E-state index in [1.807, 2.05) is 0 Å². The molecular formula is C77H116O6. The number of hydrogen-bond donors (Lipinski definition) is 0. The van der Waals surface area contributed by atoms with Crippen molar-refractivity contribution in [2.45, 2.75) is 245 Å². The summed E-state index contributed by atoms with van der Waals surface area (Å²) in [4.78, 5) is 38.4. The van der Waals surface area contributed by atoms with E-state index in [1.165, 1.54) is 19.3 Å². The first-order chi connectivity index (χ1) is 41.0. The summed E-state index contributed by atoms with van der Waals surface area (Å²) in [6.07, 6.45) is 105. The fourth-order valence-corrected chi connectivity index (χ4v) is 8.01. The van der Waals surface area contributed by atoms with Crippen LogP contribution in [0.5, 0.6) is 0 Å². The van der Waals surface area contributed by atoms with Crippen LogP contribution in [0.2, 0.25) is 0 Å². The van der Waals surface area contributed by atoms with E-state index < -0.39 is 6.10 Å². The fourth-order valence-electron chi connectivity index (χ4n) is 8.01. The van der Waals surface area contributed by atoms with Gasteiger partial charge in [0.1, 0.15) is 13.2 Å². The maximum Gasteiger partial charge on any atom is 0.306 e. The summed E-state index contributed by atoms with van der Waals surface area (Å²) in [6.45, 7) is 6.20. The topological polar surface area (TPSA) is 78.9 Å². The molecule has 0 aromatic carbocycles. The number of hydrogen-bond acceptors (Lipinski definition) is 6. The Balaban J connectivity index is 4.61. The quantitative estimate of drug-likeness (QED) is 0.0261. The van der Waals surface area contributed by atoms with Crippen LogP contribution in [0.3, 0.4) is 0 Å². The average Bonchev–Trinajstić information content (AvgIpc) is 3.49. The van der Waals surface area contributed by atoms with Crippen LogP contribution in [0.15, 0.2) is 207 Å². The third kappa shape index (κ3) is 66.7. The van der Waals surface area contributed by atoms with E-state index in [0.29, 0.717) is 19.3 Å². The molecule has 83 heavy (non-hydrogen) atoms. The second-order valence-corrected chi connectivity index (χ2v) is 20.5. The van der Waals surface area contributed by atoms with Crippen molar-refractivity contribution in [3.63, 3.8) is 0 Å². The summed E-state index contributed by atoms with van der Waals surface area (Å²) in [5.74, 6) is -1.04. The highest BCUT2D eigenvalue weighted by molar-refractivity contribution is 5.71. The molecule has 6 nitrogen and oxygen atoms in total. The van der Waals surface area contributed by atoms with Crippen molar-refractivity contribution >= 4 is 17.9 Å². The molecular weight excluding hydrogens is 1020 g/mol. The van der Waals surface area contributed by atoms with E-state index in [0.717, 1.165) is 173 Å². The summed E-state index contributed by atoms with van der Waals surface area (Å²) >= 11 is 0. The number of allylic oxidation sites excluding steroid dienone is 34. The summed E-state index contributed by atoms with van der Waals surface area (Å²) in [5.41, 5.74) is 0. The van der Waals surface area contributed by atoms with Gasteiger partial charge in [-0.2, -0.15) is 0 Å². The van der Waals surface area contributed by atoms with Crippen LogP contribution in [-0.2, 0) is 28.6 Å². The van der Waals surface area contributed by atoms with Crippen LogP contribution >= 0.6 is 0 Å². The van der Waals surface area contributed by atoms with Crippen molar-refractivity contribution in [2.24, 2.45) is 0 Å². The molecule has 0 aliphatic heterocycles. The lowest BCUT2D eigenvalue weighted by molar-refractivity contribution is -0.167. The van der Waals surface area contributed by atoms with E-state index in [-0.39, 0.29) is 37.5 Å². The number of esters is 3. The number of carbonyl (C=O) groups is 3. The van der Waals surface area contributed by atoms with Crippen LogP contribution < -0.4 is 0 Å². The molecule has 0 aromatic heterocycles.